The van der Waals surface area contributed by atoms with E-state index < -0.39 is 0 Å². The highest BCUT2D eigenvalue weighted by Gasteiger charge is 2.06. The van der Waals surface area contributed by atoms with E-state index in [0.717, 1.165) is 0 Å². The molecule has 2 N–H and O–H groups in total. The fourth-order valence-corrected chi connectivity index (χ4v) is 1.78. The van der Waals surface area contributed by atoms with Crippen molar-refractivity contribution in [2.75, 3.05) is 7.11 Å². The Morgan fingerprint density at radius 1 is 1.14 bits per heavy atom. The Morgan fingerprint density at radius 3 is 2.43 bits per heavy atom. The molecule has 2 aromatic rings. The predicted molar refractivity (Wildman–Crippen MR) is 80.8 cm³/mol. The molecule has 0 saturated heterocycles. The highest BCUT2D eigenvalue weighted by molar-refractivity contribution is 6.02. The summed E-state index contributed by atoms with van der Waals surface area (Å²) in [6.07, 6.45) is 0. The van der Waals surface area contributed by atoms with Crippen molar-refractivity contribution in [2.45, 2.75) is 6.92 Å². The van der Waals surface area contributed by atoms with Crippen molar-refractivity contribution in [3.05, 3.63) is 59.7 Å². The number of hydrogen-bond acceptors (Lipinski definition) is 4. The first-order valence-corrected chi connectivity index (χ1v) is 6.39. The molecule has 0 aliphatic rings. The van der Waals surface area contributed by atoms with Crippen LogP contribution in [0.5, 0.6) is 11.5 Å². The third-order valence-corrected chi connectivity index (χ3v) is 2.97. The van der Waals surface area contributed by atoms with Crippen molar-refractivity contribution >= 4 is 11.6 Å². The second-order valence-electron chi connectivity index (χ2n) is 4.38. The maximum Gasteiger partial charge on any atom is 0.271 e. The van der Waals surface area contributed by atoms with E-state index in [1.165, 1.54) is 0 Å². The number of phenolic OH excluding ortho intramolecular Hbond substituents is 1. The molecule has 21 heavy (non-hydrogen) atoms. The van der Waals surface area contributed by atoms with Gasteiger partial charge in [0.25, 0.3) is 5.91 Å². The minimum absolute atomic E-state index is 0.123. The normalized spacial score (nSPS) is 11.0. The van der Waals surface area contributed by atoms with Crippen LogP contribution in [0.1, 0.15) is 22.8 Å². The molecule has 0 aliphatic carbocycles. The summed E-state index contributed by atoms with van der Waals surface area (Å²) in [5, 5.41) is 13.7. The Balaban J connectivity index is 2.09. The van der Waals surface area contributed by atoms with Gasteiger partial charge in [-0.15, -0.1) is 0 Å². The summed E-state index contributed by atoms with van der Waals surface area (Å²) in [6.45, 7) is 1.71. The van der Waals surface area contributed by atoms with Crippen LogP contribution in [0.4, 0.5) is 0 Å². The number of ether oxygens (including phenoxy) is 1. The zero-order chi connectivity index (χ0) is 15.2. The lowest BCUT2D eigenvalue weighted by molar-refractivity contribution is 0.0955. The van der Waals surface area contributed by atoms with E-state index in [1.807, 2.05) is 0 Å². The Labute approximate surface area is 122 Å². The zero-order valence-corrected chi connectivity index (χ0v) is 11.8. The number of hydrogen-bond donors (Lipinski definition) is 2. The van der Waals surface area contributed by atoms with Crippen LogP contribution >= 0.6 is 0 Å². The second kappa shape index (κ2) is 6.56. The molecule has 108 valence electrons. The summed E-state index contributed by atoms with van der Waals surface area (Å²) in [5.74, 6) is 0.477. The maximum atomic E-state index is 11.9. The molecule has 0 atom stereocenters. The first-order chi connectivity index (χ1) is 10.1. The number of rotatable bonds is 4. The van der Waals surface area contributed by atoms with Gasteiger partial charge in [0.1, 0.15) is 11.5 Å². The molecule has 2 rings (SSSR count). The van der Waals surface area contributed by atoms with E-state index in [-0.39, 0.29) is 11.7 Å². The summed E-state index contributed by atoms with van der Waals surface area (Å²) in [6, 6.07) is 13.5. The second-order valence-corrected chi connectivity index (χ2v) is 4.38. The molecule has 0 aliphatic heterocycles. The average Bonchev–Trinajstić information content (AvgIpc) is 2.52. The maximum absolute atomic E-state index is 11.9. The molecule has 0 bridgehead atoms. The van der Waals surface area contributed by atoms with Crippen molar-refractivity contribution in [3.63, 3.8) is 0 Å². The molecule has 2 aromatic carbocycles. The molecule has 0 aromatic heterocycles. The van der Waals surface area contributed by atoms with E-state index in [9.17, 15) is 9.90 Å². The minimum Gasteiger partial charge on any atom is -0.507 e. The van der Waals surface area contributed by atoms with Crippen LogP contribution < -0.4 is 10.2 Å². The van der Waals surface area contributed by atoms with Gasteiger partial charge < -0.3 is 9.84 Å². The Hall–Kier alpha value is -2.82. The van der Waals surface area contributed by atoms with Gasteiger partial charge in [-0.1, -0.05) is 12.1 Å². The Kier molecular flexibility index (Phi) is 4.56. The molecule has 5 heteroatoms. The summed E-state index contributed by atoms with van der Waals surface area (Å²) in [7, 11) is 1.56. The summed E-state index contributed by atoms with van der Waals surface area (Å²) < 4.78 is 5.03. The molecule has 1 amide bonds. The molecule has 0 fully saturated rings. The van der Waals surface area contributed by atoms with E-state index in [0.29, 0.717) is 22.6 Å². The predicted octanol–water partition coefficient (Wildman–Crippen LogP) is 2.55. The van der Waals surface area contributed by atoms with Crippen LogP contribution in [0.2, 0.25) is 0 Å². The number of carbonyl (C=O) groups excluding carboxylic acids is 1. The minimum atomic E-state index is -0.326. The lowest BCUT2D eigenvalue weighted by Crippen LogP contribution is -2.19. The molecular formula is C16H16N2O3. The lowest BCUT2D eigenvalue weighted by Gasteiger charge is -2.05. The molecule has 0 heterocycles. The van der Waals surface area contributed by atoms with E-state index in [2.05, 4.69) is 10.5 Å². The van der Waals surface area contributed by atoms with Gasteiger partial charge >= 0.3 is 0 Å². The van der Waals surface area contributed by atoms with Crippen molar-refractivity contribution < 1.29 is 14.6 Å². The van der Waals surface area contributed by atoms with Crippen molar-refractivity contribution in [3.8, 4) is 11.5 Å². The van der Waals surface area contributed by atoms with Crippen molar-refractivity contribution in [2.24, 2.45) is 5.10 Å². The van der Waals surface area contributed by atoms with Gasteiger partial charge in [0.15, 0.2) is 0 Å². The largest absolute Gasteiger partial charge is 0.507 e. The van der Waals surface area contributed by atoms with Crippen LogP contribution in [-0.2, 0) is 0 Å². The van der Waals surface area contributed by atoms with Gasteiger partial charge in [0, 0.05) is 11.1 Å². The van der Waals surface area contributed by atoms with Crippen LogP contribution in [0.25, 0.3) is 0 Å². The number of carbonyl (C=O) groups is 1. The van der Waals surface area contributed by atoms with Gasteiger partial charge in [-0.2, -0.15) is 5.10 Å². The number of benzene rings is 2. The van der Waals surface area contributed by atoms with Gasteiger partial charge in [-0.25, -0.2) is 5.43 Å². The highest BCUT2D eigenvalue weighted by atomic mass is 16.5. The molecule has 0 saturated carbocycles. The van der Waals surface area contributed by atoms with Crippen LogP contribution in [0.3, 0.4) is 0 Å². The van der Waals surface area contributed by atoms with E-state index in [1.54, 1.807) is 62.6 Å². The molecule has 0 spiro atoms. The number of nitrogens with zero attached hydrogens (tertiary/aromatic N) is 1. The number of nitrogens with one attached hydrogen (secondary N) is 1. The Bertz CT molecular complexity index is 663. The first kappa shape index (κ1) is 14.6. The zero-order valence-electron chi connectivity index (χ0n) is 11.8. The Morgan fingerprint density at radius 2 is 1.81 bits per heavy atom. The number of aromatic hydroxyl groups is 1. The SMILES string of the molecule is COc1ccc(C(=O)NN=C(C)c2ccccc2O)cc1. The summed E-state index contributed by atoms with van der Waals surface area (Å²) >= 11 is 0. The monoisotopic (exact) mass is 284 g/mol. The lowest BCUT2D eigenvalue weighted by atomic mass is 10.1. The third-order valence-electron chi connectivity index (χ3n) is 2.97. The van der Waals surface area contributed by atoms with Crippen LogP contribution in [0.15, 0.2) is 53.6 Å². The molecule has 0 radical (unpaired) electrons. The third kappa shape index (κ3) is 3.60. The topological polar surface area (TPSA) is 70.9 Å². The quantitative estimate of drug-likeness (QED) is 0.669. The highest BCUT2D eigenvalue weighted by Crippen LogP contribution is 2.16. The van der Waals surface area contributed by atoms with Crippen LogP contribution in [0, 0.1) is 0 Å². The van der Waals surface area contributed by atoms with E-state index >= 15 is 0 Å². The van der Waals surface area contributed by atoms with Gasteiger partial charge in [-0.3, -0.25) is 4.79 Å². The fourth-order valence-electron chi connectivity index (χ4n) is 1.78. The average molecular weight is 284 g/mol. The van der Waals surface area contributed by atoms with E-state index in [4.69, 9.17) is 4.74 Å². The van der Waals surface area contributed by atoms with Crippen molar-refractivity contribution in [1.82, 2.24) is 5.43 Å². The molecular weight excluding hydrogens is 268 g/mol. The fraction of sp³-hybridized carbons (Fsp3) is 0.125. The number of hydrazone groups is 1. The van der Waals surface area contributed by atoms with Gasteiger partial charge in [0.2, 0.25) is 0 Å². The van der Waals surface area contributed by atoms with Gasteiger partial charge in [-0.05, 0) is 43.3 Å². The number of amides is 1. The number of para-hydroxylation sites is 1. The first-order valence-electron chi connectivity index (χ1n) is 6.39. The standard InChI is InChI=1S/C16H16N2O3/c1-11(14-5-3-4-6-15(14)19)17-18-16(20)12-7-9-13(21-2)10-8-12/h3-10,19H,1-2H3,(H,18,20). The smallest absolute Gasteiger partial charge is 0.271 e. The van der Waals surface area contributed by atoms with Crippen molar-refractivity contribution in [1.29, 1.82) is 0 Å². The molecule has 5 nitrogen and oxygen atoms in total. The number of phenols is 1. The summed E-state index contributed by atoms with van der Waals surface area (Å²) in [4.78, 5) is 11.9. The van der Waals surface area contributed by atoms with Gasteiger partial charge in [0.05, 0.1) is 12.8 Å². The molecule has 0 unspecified atom stereocenters. The van der Waals surface area contributed by atoms with Crippen LogP contribution in [-0.4, -0.2) is 23.8 Å². The number of methoxy groups -OCH3 is 1. The summed E-state index contributed by atoms with van der Waals surface area (Å²) in [5.41, 5.74) is 4.04.